The van der Waals surface area contributed by atoms with E-state index in [9.17, 15) is 0 Å². The quantitative estimate of drug-likeness (QED) is 0.749. The van der Waals surface area contributed by atoms with Crippen molar-refractivity contribution in [1.29, 1.82) is 0 Å². The molecule has 1 aliphatic rings. The average molecular weight is 344 g/mol. The zero-order valence-electron chi connectivity index (χ0n) is 12.6. The lowest BCUT2D eigenvalue weighted by molar-refractivity contribution is 0.396. The van der Waals surface area contributed by atoms with Gasteiger partial charge in [0.1, 0.15) is 0 Å². The molecule has 0 radical (unpaired) electrons. The van der Waals surface area contributed by atoms with Gasteiger partial charge in [0.25, 0.3) is 0 Å². The molecular weight excluding hydrogens is 322 g/mol. The Morgan fingerprint density at radius 3 is 2.43 bits per heavy atom. The van der Waals surface area contributed by atoms with Crippen molar-refractivity contribution >= 4 is 15.9 Å². The van der Waals surface area contributed by atoms with Crippen LogP contribution in [0.2, 0.25) is 0 Å². The predicted octanol–water partition coefficient (Wildman–Crippen LogP) is 5.74. The van der Waals surface area contributed by atoms with Crippen molar-refractivity contribution in [2.75, 3.05) is 0 Å². The first-order valence-electron chi connectivity index (χ1n) is 7.76. The Labute approximate surface area is 135 Å². The number of hydrogen-bond acceptors (Lipinski definition) is 1. The van der Waals surface area contributed by atoms with Gasteiger partial charge in [0, 0.05) is 16.6 Å². The Morgan fingerprint density at radius 2 is 1.67 bits per heavy atom. The van der Waals surface area contributed by atoms with Gasteiger partial charge in [-0.25, -0.2) is 0 Å². The Balaban J connectivity index is 1.83. The lowest BCUT2D eigenvalue weighted by Gasteiger charge is -2.32. The molecule has 0 spiro atoms. The van der Waals surface area contributed by atoms with Crippen LogP contribution < -0.4 is 5.32 Å². The molecule has 0 aromatic heterocycles. The van der Waals surface area contributed by atoms with E-state index in [0.717, 1.165) is 0 Å². The van der Waals surface area contributed by atoms with Gasteiger partial charge in [-0.05, 0) is 48.4 Å². The average Bonchev–Trinajstić information content (AvgIpc) is 2.51. The Kier molecular flexibility index (Phi) is 4.46. The second-order valence-corrected chi connectivity index (χ2v) is 6.92. The SMILES string of the molecule is CC1CCC(N[C@@H](C)c2ccccc2Br)c2ccccc21. The van der Waals surface area contributed by atoms with E-state index >= 15 is 0 Å². The molecule has 21 heavy (non-hydrogen) atoms. The number of halogens is 1. The summed E-state index contributed by atoms with van der Waals surface area (Å²) < 4.78 is 1.18. The number of hydrogen-bond donors (Lipinski definition) is 1. The van der Waals surface area contributed by atoms with Crippen LogP contribution in [0.25, 0.3) is 0 Å². The van der Waals surface area contributed by atoms with E-state index in [4.69, 9.17) is 0 Å². The summed E-state index contributed by atoms with van der Waals surface area (Å²) in [5, 5.41) is 3.82. The standard InChI is InChI=1S/C19H22BrN/c1-13-11-12-19(17-9-4-3-7-15(13)17)21-14(2)16-8-5-6-10-18(16)20/h3-10,13-14,19,21H,11-12H2,1-2H3/t13?,14-,19?/m0/s1. The van der Waals surface area contributed by atoms with Crippen LogP contribution in [-0.4, -0.2) is 0 Å². The van der Waals surface area contributed by atoms with Crippen LogP contribution in [0, 0.1) is 0 Å². The van der Waals surface area contributed by atoms with Gasteiger partial charge in [0.05, 0.1) is 0 Å². The molecule has 3 rings (SSSR count). The Hall–Kier alpha value is -1.12. The van der Waals surface area contributed by atoms with Gasteiger partial charge < -0.3 is 5.32 Å². The monoisotopic (exact) mass is 343 g/mol. The summed E-state index contributed by atoms with van der Waals surface area (Å²) in [4.78, 5) is 0. The van der Waals surface area contributed by atoms with E-state index in [1.807, 2.05) is 0 Å². The first-order valence-corrected chi connectivity index (χ1v) is 8.55. The third kappa shape index (κ3) is 3.07. The van der Waals surface area contributed by atoms with E-state index in [-0.39, 0.29) is 0 Å². The summed E-state index contributed by atoms with van der Waals surface area (Å²) in [6, 6.07) is 18.2. The van der Waals surface area contributed by atoms with Crippen LogP contribution >= 0.6 is 15.9 Å². The second-order valence-electron chi connectivity index (χ2n) is 6.07. The number of benzene rings is 2. The number of fused-ring (bicyclic) bond motifs is 1. The molecule has 1 N–H and O–H groups in total. The molecule has 3 atom stereocenters. The summed E-state index contributed by atoms with van der Waals surface area (Å²) in [6.07, 6.45) is 2.48. The van der Waals surface area contributed by atoms with Gasteiger partial charge in [-0.3, -0.25) is 0 Å². The van der Waals surface area contributed by atoms with Crippen LogP contribution in [0.3, 0.4) is 0 Å². The van der Waals surface area contributed by atoms with Crippen molar-refractivity contribution in [1.82, 2.24) is 5.32 Å². The molecule has 0 saturated heterocycles. The van der Waals surface area contributed by atoms with Gasteiger partial charge in [-0.1, -0.05) is 65.3 Å². The first kappa shape index (κ1) is 14.8. The van der Waals surface area contributed by atoms with E-state index in [0.29, 0.717) is 18.0 Å². The lowest BCUT2D eigenvalue weighted by Crippen LogP contribution is -2.28. The molecule has 1 nitrogen and oxygen atoms in total. The molecule has 1 aliphatic carbocycles. The third-order valence-electron chi connectivity index (χ3n) is 4.61. The fourth-order valence-corrected chi connectivity index (χ4v) is 4.02. The molecule has 0 heterocycles. The van der Waals surface area contributed by atoms with Crippen LogP contribution in [0.15, 0.2) is 53.0 Å². The normalized spacial score (nSPS) is 22.6. The fourth-order valence-electron chi connectivity index (χ4n) is 3.40. The zero-order chi connectivity index (χ0) is 14.8. The maximum Gasteiger partial charge on any atom is 0.0328 e. The number of nitrogens with one attached hydrogen (secondary N) is 1. The van der Waals surface area contributed by atoms with Crippen molar-refractivity contribution in [3.05, 3.63) is 69.7 Å². The minimum atomic E-state index is 0.340. The molecule has 0 bridgehead atoms. The summed E-state index contributed by atoms with van der Waals surface area (Å²) in [6.45, 7) is 4.59. The summed E-state index contributed by atoms with van der Waals surface area (Å²) in [5.74, 6) is 0.679. The highest BCUT2D eigenvalue weighted by atomic mass is 79.9. The summed E-state index contributed by atoms with van der Waals surface area (Å²) in [5.41, 5.74) is 4.32. The molecule has 2 heteroatoms. The molecule has 2 aromatic carbocycles. The highest BCUT2D eigenvalue weighted by Gasteiger charge is 2.25. The lowest BCUT2D eigenvalue weighted by atomic mass is 9.80. The molecule has 0 fully saturated rings. The molecular formula is C19H22BrN. The predicted molar refractivity (Wildman–Crippen MR) is 92.5 cm³/mol. The third-order valence-corrected chi connectivity index (χ3v) is 5.34. The molecule has 0 amide bonds. The van der Waals surface area contributed by atoms with Gasteiger partial charge in [0.15, 0.2) is 0 Å². The molecule has 0 aliphatic heterocycles. The second kappa shape index (κ2) is 6.33. The minimum absolute atomic E-state index is 0.340. The van der Waals surface area contributed by atoms with Crippen molar-refractivity contribution in [3.8, 4) is 0 Å². The van der Waals surface area contributed by atoms with Gasteiger partial charge in [-0.15, -0.1) is 0 Å². The van der Waals surface area contributed by atoms with Gasteiger partial charge in [0.2, 0.25) is 0 Å². The van der Waals surface area contributed by atoms with E-state index < -0.39 is 0 Å². The highest BCUT2D eigenvalue weighted by Crippen LogP contribution is 2.38. The van der Waals surface area contributed by atoms with Crippen LogP contribution in [0.1, 0.15) is 61.4 Å². The smallest absolute Gasteiger partial charge is 0.0328 e. The van der Waals surface area contributed by atoms with E-state index in [1.165, 1.54) is 34.0 Å². The minimum Gasteiger partial charge on any atom is -0.303 e. The van der Waals surface area contributed by atoms with Crippen LogP contribution in [-0.2, 0) is 0 Å². The molecule has 2 aromatic rings. The Morgan fingerprint density at radius 1 is 1.00 bits per heavy atom. The summed E-state index contributed by atoms with van der Waals surface area (Å²) >= 11 is 3.66. The van der Waals surface area contributed by atoms with Crippen molar-refractivity contribution in [2.24, 2.45) is 0 Å². The van der Waals surface area contributed by atoms with E-state index in [2.05, 4.69) is 83.6 Å². The fraction of sp³-hybridized carbons (Fsp3) is 0.368. The van der Waals surface area contributed by atoms with E-state index in [1.54, 1.807) is 0 Å². The van der Waals surface area contributed by atoms with Crippen molar-refractivity contribution < 1.29 is 0 Å². The highest BCUT2D eigenvalue weighted by molar-refractivity contribution is 9.10. The zero-order valence-corrected chi connectivity index (χ0v) is 14.2. The number of rotatable bonds is 3. The maximum absolute atomic E-state index is 3.82. The van der Waals surface area contributed by atoms with Gasteiger partial charge >= 0.3 is 0 Å². The maximum atomic E-state index is 3.82. The summed E-state index contributed by atoms with van der Waals surface area (Å²) in [7, 11) is 0. The Bertz CT molecular complexity index is 622. The van der Waals surface area contributed by atoms with Crippen molar-refractivity contribution in [3.63, 3.8) is 0 Å². The molecule has 2 unspecified atom stereocenters. The molecule has 0 saturated carbocycles. The van der Waals surface area contributed by atoms with Crippen molar-refractivity contribution in [2.45, 2.75) is 44.7 Å². The first-order chi connectivity index (χ1) is 10.2. The van der Waals surface area contributed by atoms with Gasteiger partial charge in [-0.2, -0.15) is 0 Å². The molecule has 110 valence electrons. The topological polar surface area (TPSA) is 12.0 Å². The van der Waals surface area contributed by atoms with Crippen LogP contribution in [0.4, 0.5) is 0 Å². The largest absolute Gasteiger partial charge is 0.303 e. The van der Waals surface area contributed by atoms with Crippen LogP contribution in [0.5, 0.6) is 0 Å².